The molecule has 150 valence electrons. The van der Waals surface area contributed by atoms with Crippen molar-refractivity contribution in [3.05, 3.63) is 66.2 Å². The van der Waals surface area contributed by atoms with Gasteiger partial charge in [-0.3, -0.25) is 4.79 Å². The van der Waals surface area contributed by atoms with Gasteiger partial charge in [0.15, 0.2) is 0 Å². The van der Waals surface area contributed by atoms with Gasteiger partial charge in [0.25, 0.3) is 0 Å². The normalized spacial score (nSPS) is 17.2. The molecule has 0 bridgehead atoms. The maximum Gasteiger partial charge on any atom is 0.321 e. The van der Waals surface area contributed by atoms with Gasteiger partial charge in [-0.25, -0.2) is 4.79 Å². The number of rotatable bonds is 5. The summed E-state index contributed by atoms with van der Waals surface area (Å²) in [6.45, 7) is 1.46. The average Bonchev–Trinajstić information content (AvgIpc) is 2.73. The third-order valence-corrected chi connectivity index (χ3v) is 4.83. The first-order valence-corrected chi connectivity index (χ1v) is 9.32. The zero-order valence-electron chi connectivity index (χ0n) is 15.7. The zero-order chi connectivity index (χ0) is 19.1. The molecule has 1 aliphatic rings. The quantitative estimate of drug-likeness (QED) is 0.717. The van der Waals surface area contributed by atoms with E-state index in [4.69, 9.17) is 5.73 Å². The van der Waals surface area contributed by atoms with Crippen molar-refractivity contribution in [3.63, 3.8) is 0 Å². The van der Waals surface area contributed by atoms with Crippen molar-refractivity contribution in [1.82, 2.24) is 10.2 Å². The van der Waals surface area contributed by atoms with Crippen molar-refractivity contribution in [3.8, 4) is 0 Å². The molecule has 2 atom stereocenters. The van der Waals surface area contributed by atoms with E-state index in [1.807, 2.05) is 60.7 Å². The number of anilines is 1. The van der Waals surface area contributed by atoms with Crippen LogP contribution in [0.5, 0.6) is 0 Å². The minimum absolute atomic E-state index is 0. The van der Waals surface area contributed by atoms with E-state index in [9.17, 15) is 9.59 Å². The van der Waals surface area contributed by atoms with E-state index < -0.39 is 0 Å². The van der Waals surface area contributed by atoms with Gasteiger partial charge in [-0.2, -0.15) is 0 Å². The number of carbonyl (C=O) groups excluding carboxylic acids is 2. The molecule has 0 spiro atoms. The average molecular weight is 403 g/mol. The molecule has 0 radical (unpaired) electrons. The summed E-state index contributed by atoms with van der Waals surface area (Å²) < 4.78 is 0. The number of hydrogen-bond donors (Lipinski definition) is 3. The summed E-state index contributed by atoms with van der Waals surface area (Å²) in [6, 6.07) is 18.6. The standard InChI is InChI=1S/C21H26N4O2.ClH/c22-19(16-8-3-1-4-9-16)14-23-20(26)17-10-7-13-25(15-17)21(27)24-18-11-5-2-6-12-18;/h1-6,8-9,11-12,17,19H,7,10,13-15,22H2,(H,23,26)(H,24,27);1H. The molecule has 3 amide bonds. The van der Waals surface area contributed by atoms with Crippen LogP contribution >= 0.6 is 12.4 Å². The zero-order valence-corrected chi connectivity index (χ0v) is 16.5. The molecule has 2 aromatic carbocycles. The molecule has 0 saturated carbocycles. The van der Waals surface area contributed by atoms with Gasteiger partial charge in [0.2, 0.25) is 5.91 Å². The number of piperidine rings is 1. The van der Waals surface area contributed by atoms with Crippen LogP contribution < -0.4 is 16.4 Å². The van der Waals surface area contributed by atoms with E-state index >= 15 is 0 Å². The van der Waals surface area contributed by atoms with Crippen molar-refractivity contribution in [2.75, 3.05) is 25.0 Å². The van der Waals surface area contributed by atoms with Crippen LogP contribution in [0.25, 0.3) is 0 Å². The number of hydrogen-bond acceptors (Lipinski definition) is 3. The second-order valence-corrected chi connectivity index (χ2v) is 6.84. The highest BCUT2D eigenvalue weighted by Gasteiger charge is 2.28. The smallest absolute Gasteiger partial charge is 0.321 e. The lowest BCUT2D eigenvalue weighted by molar-refractivity contribution is -0.126. The molecule has 0 aliphatic carbocycles. The molecule has 28 heavy (non-hydrogen) atoms. The van der Waals surface area contributed by atoms with E-state index in [-0.39, 0.29) is 36.3 Å². The molecular formula is C21H27ClN4O2. The molecule has 2 unspecified atom stereocenters. The minimum Gasteiger partial charge on any atom is -0.354 e. The van der Waals surface area contributed by atoms with Gasteiger partial charge in [-0.15, -0.1) is 12.4 Å². The molecule has 4 N–H and O–H groups in total. The van der Waals surface area contributed by atoms with E-state index in [2.05, 4.69) is 10.6 Å². The van der Waals surface area contributed by atoms with Crippen LogP contribution in [0.2, 0.25) is 0 Å². The van der Waals surface area contributed by atoms with E-state index in [1.54, 1.807) is 4.90 Å². The molecule has 1 heterocycles. The number of carbonyl (C=O) groups is 2. The first kappa shape index (κ1) is 21.7. The van der Waals surface area contributed by atoms with Crippen LogP contribution in [-0.2, 0) is 4.79 Å². The van der Waals surface area contributed by atoms with Crippen LogP contribution in [0.15, 0.2) is 60.7 Å². The van der Waals surface area contributed by atoms with Gasteiger partial charge in [-0.1, -0.05) is 48.5 Å². The number of benzene rings is 2. The lowest BCUT2D eigenvalue weighted by atomic mass is 9.97. The van der Waals surface area contributed by atoms with Gasteiger partial charge in [-0.05, 0) is 30.5 Å². The minimum atomic E-state index is -0.240. The Labute approximate surface area is 171 Å². The van der Waals surface area contributed by atoms with Crippen molar-refractivity contribution in [2.45, 2.75) is 18.9 Å². The van der Waals surface area contributed by atoms with Gasteiger partial charge < -0.3 is 21.3 Å². The first-order chi connectivity index (χ1) is 13.1. The molecule has 3 rings (SSSR count). The van der Waals surface area contributed by atoms with E-state index in [1.165, 1.54) is 0 Å². The fraction of sp³-hybridized carbons (Fsp3) is 0.333. The molecule has 1 fully saturated rings. The topological polar surface area (TPSA) is 87.5 Å². The van der Waals surface area contributed by atoms with Crippen LogP contribution in [0.1, 0.15) is 24.4 Å². The summed E-state index contributed by atoms with van der Waals surface area (Å²) in [5.41, 5.74) is 7.89. The highest BCUT2D eigenvalue weighted by Crippen LogP contribution is 2.18. The third kappa shape index (κ3) is 5.97. The molecule has 1 saturated heterocycles. The third-order valence-electron chi connectivity index (χ3n) is 4.83. The largest absolute Gasteiger partial charge is 0.354 e. The van der Waals surface area contributed by atoms with Crippen molar-refractivity contribution in [2.24, 2.45) is 11.7 Å². The maximum absolute atomic E-state index is 12.5. The highest BCUT2D eigenvalue weighted by molar-refractivity contribution is 5.90. The van der Waals surface area contributed by atoms with Crippen molar-refractivity contribution >= 4 is 30.0 Å². The Bertz CT molecular complexity index is 758. The summed E-state index contributed by atoms with van der Waals surface area (Å²) in [5.74, 6) is -0.248. The molecule has 6 nitrogen and oxygen atoms in total. The monoisotopic (exact) mass is 402 g/mol. The van der Waals surface area contributed by atoms with Gasteiger partial charge in [0.1, 0.15) is 0 Å². The Balaban J connectivity index is 0.00000280. The summed E-state index contributed by atoms with van der Waals surface area (Å²) in [6.07, 6.45) is 1.59. The second kappa shape index (κ2) is 10.7. The van der Waals surface area contributed by atoms with Crippen LogP contribution in [0.4, 0.5) is 10.5 Å². The molecule has 2 aromatic rings. The Morgan fingerprint density at radius 1 is 1.07 bits per heavy atom. The van der Waals surface area contributed by atoms with Crippen LogP contribution in [0.3, 0.4) is 0 Å². The van der Waals surface area contributed by atoms with Gasteiger partial charge in [0.05, 0.1) is 5.92 Å². The number of nitrogens with one attached hydrogen (secondary N) is 2. The predicted molar refractivity (Wildman–Crippen MR) is 113 cm³/mol. The van der Waals surface area contributed by atoms with Crippen LogP contribution in [-0.4, -0.2) is 36.5 Å². The fourth-order valence-electron chi connectivity index (χ4n) is 3.27. The summed E-state index contributed by atoms with van der Waals surface area (Å²) in [4.78, 5) is 26.7. The summed E-state index contributed by atoms with van der Waals surface area (Å²) >= 11 is 0. The SMILES string of the molecule is Cl.NC(CNC(=O)C1CCCN(C(=O)Nc2ccccc2)C1)c1ccccc1. The lowest BCUT2D eigenvalue weighted by Crippen LogP contribution is -2.47. The molecular weight excluding hydrogens is 376 g/mol. The molecule has 1 aliphatic heterocycles. The Morgan fingerprint density at radius 3 is 2.39 bits per heavy atom. The van der Waals surface area contributed by atoms with E-state index in [0.29, 0.717) is 19.6 Å². The van der Waals surface area contributed by atoms with Gasteiger partial charge in [0, 0.05) is 31.4 Å². The van der Waals surface area contributed by atoms with Gasteiger partial charge >= 0.3 is 6.03 Å². The predicted octanol–water partition coefficient (Wildman–Crippen LogP) is 3.17. The van der Waals surface area contributed by atoms with Crippen molar-refractivity contribution in [1.29, 1.82) is 0 Å². The molecule has 7 heteroatoms. The Morgan fingerprint density at radius 2 is 1.71 bits per heavy atom. The molecule has 0 aromatic heterocycles. The number of amides is 3. The Kier molecular flexibility index (Phi) is 8.29. The maximum atomic E-state index is 12.5. The summed E-state index contributed by atoms with van der Waals surface area (Å²) in [5, 5.41) is 5.82. The number of halogens is 1. The Hall–Kier alpha value is -2.57. The number of nitrogens with two attached hydrogens (primary N) is 1. The fourth-order valence-corrected chi connectivity index (χ4v) is 3.27. The highest BCUT2D eigenvalue weighted by atomic mass is 35.5. The number of nitrogens with zero attached hydrogens (tertiary/aromatic N) is 1. The van der Waals surface area contributed by atoms with E-state index in [0.717, 1.165) is 24.1 Å². The number of para-hydroxylation sites is 1. The van der Waals surface area contributed by atoms with Crippen LogP contribution in [0, 0.1) is 5.92 Å². The number of urea groups is 1. The first-order valence-electron chi connectivity index (χ1n) is 9.32. The summed E-state index contributed by atoms with van der Waals surface area (Å²) in [7, 11) is 0. The van der Waals surface area contributed by atoms with Crippen molar-refractivity contribution < 1.29 is 9.59 Å². The lowest BCUT2D eigenvalue weighted by Gasteiger charge is -2.32. The second-order valence-electron chi connectivity index (χ2n) is 6.84. The number of likely N-dealkylation sites (tertiary alicyclic amines) is 1.